The van der Waals surface area contributed by atoms with Crippen molar-refractivity contribution in [3.63, 3.8) is 0 Å². The number of nitrogens with zero attached hydrogens (tertiary/aromatic N) is 3. The van der Waals surface area contributed by atoms with Crippen LogP contribution in [0.3, 0.4) is 0 Å². The van der Waals surface area contributed by atoms with Crippen molar-refractivity contribution in [3.05, 3.63) is 5.82 Å². The lowest BCUT2D eigenvalue weighted by molar-refractivity contribution is 0.340. The molecule has 0 radical (unpaired) electrons. The molecule has 2 unspecified atom stereocenters. The van der Waals surface area contributed by atoms with Gasteiger partial charge in [0.25, 0.3) is 0 Å². The van der Waals surface area contributed by atoms with Crippen LogP contribution in [0, 0.1) is 11.8 Å². The number of piperidine rings is 1. The van der Waals surface area contributed by atoms with Gasteiger partial charge in [-0.15, -0.1) is 5.10 Å². The average molecular weight is 289 g/mol. The van der Waals surface area contributed by atoms with Gasteiger partial charge in [-0.1, -0.05) is 19.8 Å². The van der Waals surface area contributed by atoms with Crippen LogP contribution in [0.15, 0.2) is 0 Å². The molecule has 1 saturated carbocycles. The Balaban J connectivity index is 1.49. The molecule has 0 aromatic carbocycles. The van der Waals surface area contributed by atoms with E-state index in [1.807, 2.05) is 0 Å². The summed E-state index contributed by atoms with van der Waals surface area (Å²) in [6, 6.07) is 0.605. The van der Waals surface area contributed by atoms with Gasteiger partial charge in [-0.3, -0.25) is 5.10 Å². The molecule has 5 nitrogen and oxygen atoms in total. The van der Waals surface area contributed by atoms with Crippen LogP contribution < -0.4 is 10.2 Å². The van der Waals surface area contributed by atoms with E-state index in [0.29, 0.717) is 12.0 Å². The Morgan fingerprint density at radius 2 is 1.95 bits per heavy atom. The van der Waals surface area contributed by atoms with E-state index >= 15 is 0 Å². The van der Waals surface area contributed by atoms with Gasteiger partial charge in [0.2, 0.25) is 5.95 Å². The van der Waals surface area contributed by atoms with Crippen LogP contribution in [0.4, 0.5) is 5.95 Å². The fourth-order valence-corrected chi connectivity index (χ4v) is 4.43. The molecule has 3 aliphatic rings. The zero-order valence-electron chi connectivity index (χ0n) is 13.0. The number of H-pyrrole nitrogens is 1. The third-order valence-electron chi connectivity index (χ3n) is 5.83. The molecule has 1 aromatic rings. The lowest BCUT2D eigenvalue weighted by atomic mass is 9.83. The van der Waals surface area contributed by atoms with E-state index in [4.69, 9.17) is 4.98 Å². The summed E-state index contributed by atoms with van der Waals surface area (Å²) in [5.41, 5.74) is 0. The summed E-state index contributed by atoms with van der Waals surface area (Å²) in [6.07, 6.45) is 7.82. The van der Waals surface area contributed by atoms with Gasteiger partial charge in [-0.25, -0.2) is 0 Å². The van der Waals surface area contributed by atoms with Gasteiger partial charge in [-0.05, 0) is 37.5 Å². The molecule has 0 spiro atoms. The van der Waals surface area contributed by atoms with Gasteiger partial charge < -0.3 is 10.2 Å². The van der Waals surface area contributed by atoms with Gasteiger partial charge in [-0.2, -0.15) is 4.98 Å². The van der Waals surface area contributed by atoms with Crippen LogP contribution >= 0.6 is 0 Å². The van der Waals surface area contributed by atoms with E-state index in [1.54, 1.807) is 0 Å². The molecule has 0 bridgehead atoms. The second-order valence-electron chi connectivity index (χ2n) is 7.30. The maximum absolute atomic E-state index is 4.87. The molecular weight excluding hydrogens is 262 g/mol. The standard InChI is InChI=1S/C16H27N5/c1-11-4-6-12(7-5-11)15-18-16(20-19-15)21-8-2-3-13-9-17-10-14(13)21/h11-14,17H,2-10H2,1H3,(H,18,19,20). The Bertz CT molecular complexity index is 477. The molecular formula is C16H27N5. The molecule has 2 aliphatic heterocycles. The van der Waals surface area contributed by atoms with Crippen molar-refractivity contribution in [2.75, 3.05) is 24.5 Å². The number of nitrogens with one attached hydrogen (secondary N) is 2. The van der Waals surface area contributed by atoms with Crippen LogP contribution in [0.1, 0.15) is 57.2 Å². The summed E-state index contributed by atoms with van der Waals surface area (Å²) in [6.45, 7) is 5.74. The average Bonchev–Trinajstić information content (AvgIpc) is 3.16. The van der Waals surface area contributed by atoms with Crippen molar-refractivity contribution >= 4 is 5.95 Å². The second kappa shape index (κ2) is 5.59. The first kappa shape index (κ1) is 13.6. The van der Waals surface area contributed by atoms with Crippen molar-refractivity contribution in [2.45, 2.75) is 57.4 Å². The summed E-state index contributed by atoms with van der Waals surface area (Å²) in [5.74, 6) is 4.35. The molecule has 116 valence electrons. The highest BCUT2D eigenvalue weighted by Gasteiger charge is 2.36. The first-order valence-corrected chi connectivity index (χ1v) is 8.71. The smallest absolute Gasteiger partial charge is 0.245 e. The first-order valence-electron chi connectivity index (χ1n) is 8.71. The Morgan fingerprint density at radius 3 is 2.81 bits per heavy atom. The predicted octanol–water partition coefficient (Wildman–Crippen LogP) is 2.29. The predicted molar refractivity (Wildman–Crippen MR) is 83.5 cm³/mol. The minimum atomic E-state index is 0.602. The molecule has 1 aliphatic carbocycles. The van der Waals surface area contributed by atoms with Crippen LogP contribution in [0.25, 0.3) is 0 Å². The lowest BCUT2D eigenvalue weighted by Gasteiger charge is -2.36. The molecule has 3 heterocycles. The van der Waals surface area contributed by atoms with Crippen LogP contribution in [0.5, 0.6) is 0 Å². The highest BCUT2D eigenvalue weighted by molar-refractivity contribution is 5.34. The highest BCUT2D eigenvalue weighted by Crippen LogP contribution is 2.35. The number of hydrogen-bond donors (Lipinski definition) is 2. The molecule has 2 saturated heterocycles. The van der Waals surface area contributed by atoms with Crippen LogP contribution in [-0.4, -0.2) is 40.9 Å². The van der Waals surface area contributed by atoms with Crippen molar-refractivity contribution in [3.8, 4) is 0 Å². The molecule has 3 fully saturated rings. The summed E-state index contributed by atoms with van der Waals surface area (Å²) < 4.78 is 0. The van der Waals surface area contributed by atoms with Crippen LogP contribution in [-0.2, 0) is 0 Å². The van der Waals surface area contributed by atoms with Gasteiger partial charge >= 0.3 is 0 Å². The Morgan fingerprint density at radius 1 is 1.10 bits per heavy atom. The minimum Gasteiger partial charge on any atom is -0.335 e. The third kappa shape index (κ3) is 2.56. The number of anilines is 1. The summed E-state index contributed by atoms with van der Waals surface area (Å²) in [7, 11) is 0. The van der Waals surface area contributed by atoms with E-state index in [9.17, 15) is 0 Å². The Kier molecular flexibility index (Phi) is 3.61. The molecule has 21 heavy (non-hydrogen) atoms. The zero-order chi connectivity index (χ0) is 14.2. The topological polar surface area (TPSA) is 56.8 Å². The van der Waals surface area contributed by atoms with Crippen molar-refractivity contribution in [2.24, 2.45) is 11.8 Å². The van der Waals surface area contributed by atoms with Gasteiger partial charge in [0.1, 0.15) is 5.82 Å². The first-order chi connectivity index (χ1) is 10.3. The normalized spacial score (nSPS) is 36.7. The number of hydrogen-bond acceptors (Lipinski definition) is 4. The van der Waals surface area contributed by atoms with E-state index in [0.717, 1.165) is 36.7 Å². The molecule has 2 atom stereocenters. The highest BCUT2D eigenvalue weighted by atomic mass is 15.4. The van der Waals surface area contributed by atoms with E-state index in [-0.39, 0.29) is 0 Å². The quantitative estimate of drug-likeness (QED) is 0.877. The third-order valence-corrected chi connectivity index (χ3v) is 5.83. The largest absolute Gasteiger partial charge is 0.335 e. The van der Waals surface area contributed by atoms with Crippen LogP contribution in [0.2, 0.25) is 0 Å². The SMILES string of the molecule is CC1CCC(c2nc(N3CCCC4CNCC43)n[nH]2)CC1. The van der Waals surface area contributed by atoms with Gasteiger partial charge in [0.15, 0.2) is 0 Å². The maximum Gasteiger partial charge on any atom is 0.245 e. The Labute approximate surface area is 126 Å². The molecule has 4 rings (SSSR count). The van der Waals surface area contributed by atoms with Crippen molar-refractivity contribution in [1.82, 2.24) is 20.5 Å². The zero-order valence-corrected chi connectivity index (χ0v) is 13.0. The summed E-state index contributed by atoms with van der Waals surface area (Å²) >= 11 is 0. The maximum atomic E-state index is 4.87. The van der Waals surface area contributed by atoms with Crippen molar-refractivity contribution in [1.29, 1.82) is 0 Å². The summed E-state index contributed by atoms with van der Waals surface area (Å²) in [4.78, 5) is 7.32. The molecule has 2 N–H and O–H groups in total. The lowest BCUT2D eigenvalue weighted by Crippen LogP contribution is -2.45. The molecule has 1 aromatic heterocycles. The molecule has 5 heteroatoms. The second-order valence-corrected chi connectivity index (χ2v) is 7.30. The van der Waals surface area contributed by atoms with Gasteiger partial charge in [0, 0.05) is 31.6 Å². The number of fused-ring (bicyclic) bond motifs is 1. The monoisotopic (exact) mass is 289 g/mol. The Hall–Kier alpha value is -1.10. The summed E-state index contributed by atoms with van der Waals surface area (Å²) in [5, 5.41) is 11.3. The van der Waals surface area contributed by atoms with E-state index < -0.39 is 0 Å². The van der Waals surface area contributed by atoms with Gasteiger partial charge in [0.05, 0.1) is 0 Å². The van der Waals surface area contributed by atoms with E-state index in [2.05, 4.69) is 27.3 Å². The fourth-order valence-electron chi connectivity index (χ4n) is 4.43. The molecule has 0 amide bonds. The van der Waals surface area contributed by atoms with Crippen molar-refractivity contribution < 1.29 is 0 Å². The minimum absolute atomic E-state index is 0.602. The fraction of sp³-hybridized carbons (Fsp3) is 0.875. The van der Waals surface area contributed by atoms with E-state index in [1.165, 1.54) is 45.1 Å². The number of aromatic amines is 1. The number of rotatable bonds is 2. The number of aromatic nitrogens is 3.